The molecular formula is C22H25N3O6S. The maximum Gasteiger partial charge on any atom is 0.408 e. The van der Waals surface area contributed by atoms with Crippen LogP contribution < -0.4 is 15.5 Å². The third-order valence-electron chi connectivity index (χ3n) is 4.74. The van der Waals surface area contributed by atoms with Gasteiger partial charge in [-0.25, -0.2) is 9.59 Å². The first-order valence-corrected chi connectivity index (χ1v) is 10.9. The molecule has 2 aromatic rings. The van der Waals surface area contributed by atoms with Crippen LogP contribution in [0.5, 0.6) is 0 Å². The summed E-state index contributed by atoms with van der Waals surface area (Å²) in [6.45, 7) is 4.70. The molecular weight excluding hydrogens is 434 g/mol. The molecule has 0 bridgehead atoms. The number of amides is 3. The number of para-hydroxylation sites is 1. The number of fused-ring (bicyclic) bond motifs is 1. The van der Waals surface area contributed by atoms with Gasteiger partial charge in [-0.1, -0.05) is 18.2 Å². The predicted molar refractivity (Wildman–Crippen MR) is 118 cm³/mol. The Balaban J connectivity index is 1.71. The Morgan fingerprint density at radius 2 is 1.94 bits per heavy atom. The van der Waals surface area contributed by atoms with Crippen molar-refractivity contribution in [1.29, 1.82) is 0 Å². The molecule has 0 saturated carbocycles. The second kappa shape index (κ2) is 9.39. The fourth-order valence-corrected chi connectivity index (χ4v) is 4.09. The molecule has 3 rings (SSSR count). The first kappa shape index (κ1) is 23.3. The number of benzene rings is 1. The number of alkyl carbamates (subject to hydrolysis) is 1. The van der Waals surface area contributed by atoms with Crippen LogP contribution in [0, 0.1) is 0 Å². The highest BCUT2D eigenvalue weighted by Crippen LogP contribution is 2.32. The van der Waals surface area contributed by atoms with Crippen LogP contribution in [0.4, 0.5) is 10.5 Å². The molecule has 0 saturated heterocycles. The van der Waals surface area contributed by atoms with Crippen LogP contribution >= 0.6 is 11.3 Å². The molecule has 3 amide bonds. The number of rotatable bonds is 6. The molecule has 32 heavy (non-hydrogen) atoms. The second-order valence-electron chi connectivity index (χ2n) is 8.30. The second-order valence-corrected chi connectivity index (χ2v) is 9.08. The van der Waals surface area contributed by atoms with Gasteiger partial charge in [0.25, 0.3) is 0 Å². The molecule has 1 aromatic carbocycles. The van der Waals surface area contributed by atoms with E-state index in [1.165, 1.54) is 16.2 Å². The molecule has 0 radical (unpaired) electrons. The highest BCUT2D eigenvalue weighted by atomic mass is 32.1. The molecule has 3 N–H and O–H groups in total. The molecule has 0 spiro atoms. The van der Waals surface area contributed by atoms with Crippen molar-refractivity contribution in [3.63, 3.8) is 0 Å². The third-order valence-corrected chi connectivity index (χ3v) is 5.44. The Morgan fingerprint density at radius 3 is 2.56 bits per heavy atom. The van der Waals surface area contributed by atoms with E-state index in [1.807, 2.05) is 0 Å². The number of carbonyl (C=O) groups excluding carboxylic acids is 3. The number of ether oxygens (including phenoxy) is 1. The van der Waals surface area contributed by atoms with Gasteiger partial charge in [-0.15, -0.1) is 0 Å². The molecule has 2 heterocycles. The maximum atomic E-state index is 12.9. The van der Waals surface area contributed by atoms with E-state index in [1.54, 1.807) is 61.9 Å². The molecule has 1 aliphatic heterocycles. The van der Waals surface area contributed by atoms with Gasteiger partial charge in [0, 0.05) is 12.1 Å². The molecule has 9 nitrogen and oxygen atoms in total. The van der Waals surface area contributed by atoms with Gasteiger partial charge in [-0.2, -0.15) is 11.3 Å². The Morgan fingerprint density at radius 1 is 1.22 bits per heavy atom. The average molecular weight is 460 g/mol. The number of nitrogens with zero attached hydrogens (tertiary/aromatic N) is 1. The maximum absolute atomic E-state index is 12.9. The van der Waals surface area contributed by atoms with Crippen molar-refractivity contribution in [1.82, 2.24) is 10.6 Å². The van der Waals surface area contributed by atoms with E-state index in [4.69, 9.17) is 4.74 Å². The third kappa shape index (κ3) is 5.44. The number of carboxylic acids is 1. The van der Waals surface area contributed by atoms with E-state index in [0.717, 1.165) is 5.56 Å². The molecule has 0 fully saturated rings. The number of nitrogens with one attached hydrogen (secondary N) is 2. The van der Waals surface area contributed by atoms with Gasteiger partial charge < -0.3 is 20.5 Å². The summed E-state index contributed by atoms with van der Waals surface area (Å²) >= 11 is 1.35. The number of carbonyl (C=O) groups is 4. The lowest BCUT2D eigenvalue weighted by molar-refractivity contribution is -0.139. The molecule has 1 aromatic heterocycles. The van der Waals surface area contributed by atoms with Crippen molar-refractivity contribution in [2.75, 3.05) is 11.4 Å². The van der Waals surface area contributed by atoms with Gasteiger partial charge in [0.05, 0.1) is 6.54 Å². The highest BCUT2D eigenvalue weighted by molar-refractivity contribution is 7.08. The van der Waals surface area contributed by atoms with Crippen molar-refractivity contribution >= 4 is 40.9 Å². The summed E-state index contributed by atoms with van der Waals surface area (Å²) in [5.74, 6) is -2.29. The molecule has 2 atom stereocenters. The predicted octanol–water partition coefficient (Wildman–Crippen LogP) is 2.47. The summed E-state index contributed by atoms with van der Waals surface area (Å²) in [4.78, 5) is 50.8. The minimum atomic E-state index is -1.12. The standard InChI is InChI=1S/C22H25N3O6S/c1-22(2,3)31-21(30)24-18(14-8-9-32-12-14)19(27)23-11-17(26)25-15-7-5-4-6-13(15)10-16(25)20(28)29/h4-9,12,16,18H,10-11H2,1-3H3,(H,23,27)(H,24,30)(H,28,29)/t16?,18-/m0/s1. The Bertz CT molecular complexity index is 1010. The van der Waals surface area contributed by atoms with E-state index in [0.29, 0.717) is 11.3 Å². The van der Waals surface area contributed by atoms with Crippen molar-refractivity contribution in [3.8, 4) is 0 Å². The van der Waals surface area contributed by atoms with Gasteiger partial charge in [0.1, 0.15) is 17.7 Å². The molecule has 10 heteroatoms. The fraction of sp³-hybridized carbons (Fsp3) is 0.364. The smallest absolute Gasteiger partial charge is 0.408 e. The Hall–Kier alpha value is -3.40. The van der Waals surface area contributed by atoms with Gasteiger partial charge >= 0.3 is 12.1 Å². The van der Waals surface area contributed by atoms with Crippen LogP contribution in [-0.2, 0) is 25.5 Å². The number of carboxylic acid groups (broad SMARTS) is 1. The van der Waals surface area contributed by atoms with E-state index >= 15 is 0 Å². The largest absolute Gasteiger partial charge is 0.480 e. The molecule has 0 aliphatic carbocycles. The number of hydrogen-bond donors (Lipinski definition) is 3. The number of aliphatic carboxylic acids is 1. The summed E-state index contributed by atoms with van der Waals surface area (Å²) in [5.41, 5.74) is 1.06. The SMILES string of the molecule is CC(C)(C)OC(=O)N[C@H](C(=O)NCC(=O)N1c2ccccc2CC1C(=O)O)c1ccsc1. The van der Waals surface area contributed by atoms with Crippen molar-refractivity contribution in [2.24, 2.45) is 0 Å². The van der Waals surface area contributed by atoms with Crippen LogP contribution in [0.2, 0.25) is 0 Å². The van der Waals surface area contributed by atoms with Gasteiger partial charge in [-0.05, 0) is 54.8 Å². The topological polar surface area (TPSA) is 125 Å². The summed E-state index contributed by atoms with van der Waals surface area (Å²) in [6.07, 6.45) is -0.572. The molecule has 1 aliphatic rings. The van der Waals surface area contributed by atoms with Crippen LogP contribution in [0.15, 0.2) is 41.1 Å². The van der Waals surface area contributed by atoms with Crippen molar-refractivity contribution in [3.05, 3.63) is 52.2 Å². The first-order chi connectivity index (χ1) is 15.1. The van der Waals surface area contributed by atoms with Crippen molar-refractivity contribution < 1.29 is 29.0 Å². The summed E-state index contributed by atoms with van der Waals surface area (Å²) in [5, 5.41) is 18.1. The number of anilines is 1. The molecule has 170 valence electrons. The zero-order valence-electron chi connectivity index (χ0n) is 18.0. The van der Waals surface area contributed by atoms with Gasteiger partial charge in [-0.3, -0.25) is 14.5 Å². The average Bonchev–Trinajstić information content (AvgIpc) is 3.36. The quantitative estimate of drug-likeness (QED) is 0.610. The lowest BCUT2D eigenvalue weighted by Crippen LogP contribution is -2.49. The van der Waals surface area contributed by atoms with E-state index in [-0.39, 0.29) is 6.42 Å². The zero-order valence-corrected chi connectivity index (χ0v) is 18.8. The van der Waals surface area contributed by atoms with Crippen molar-refractivity contribution in [2.45, 2.75) is 44.9 Å². The number of thiophene rings is 1. The Labute approximate surface area is 189 Å². The minimum Gasteiger partial charge on any atom is -0.480 e. The van der Waals surface area contributed by atoms with E-state index in [9.17, 15) is 24.3 Å². The van der Waals surface area contributed by atoms with Gasteiger partial charge in [0.15, 0.2) is 0 Å². The van der Waals surface area contributed by atoms with Crippen LogP contribution in [0.3, 0.4) is 0 Å². The monoisotopic (exact) mass is 459 g/mol. The normalized spacial score (nSPS) is 16.1. The molecule has 1 unspecified atom stereocenters. The summed E-state index contributed by atoms with van der Waals surface area (Å²) in [6, 6.07) is 6.53. The van der Waals surface area contributed by atoms with Crippen LogP contribution in [-0.4, -0.2) is 47.2 Å². The lowest BCUT2D eigenvalue weighted by Gasteiger charge is -2.25. The minimum absolute atomic E-state index is 0.197. The van der Waals surface area contributed by atoms with Crippen LogP contribution in [0.25, 0.3) is 0 Å². The lowest BCUT2D eigenvalue weighted by atomic mass is 10.1. The first-order valence-electron chi connectivity index (χ1n) is 9.99. The number of hydrogen-bond acceptors (Lipinski definition) is 6. The van der Waals surface area contributed by atoms with Crippen LogP contribution in [0.1, 0.15) is 37.9 Å². The summed E-state index contributed by atoms with van der Waals surface area (Å²) < 4.78 is 5.24. The fourth-order valence-electron chi connectivity index (χ4n) is 3.41. The Kier molecular flexibility index (Phi) is 6.83. The summed E-state index contributed by atoms with van der Waals surface area (Å²) in [7, 11) is 0. The van der Waals surface area contributed by atoms with E-state index < -0.39 is 48.1 Å². The highest BCUT2D eigenvalue weighted by Gasteiger charge is 2.38. The van der Waals surface area contributed by atoms with Gasteiger partial charge in [0.2, 0.25) is 11.8 Å². The zero-order chi connectivity index (χ0) is 23.5. The van der Waals surface area contributed by atoms with E-state index in [2.05, 4.69) is 10.6 Å².